The Morgan fingerprint density at radius 2 is 1.38 bits per heavy atom. The molecule has 7 amide bonds. The molecule has 26 nitrogen and oxygen atoms in total. The molecule has 0 fully saturated rings. The Balaban J connectivity index is 0.701. The van der Waals surface area contributed by atoms with Gasteiger partial charge in [-0.2, -0.15) is 0 Å². The standard InChI is InChI=1S/C71H89Br2ClN12O14/c1-45(2)65(82-63(87)21-27-94-30-32-96-34-35-97-33-31-95-28-23-76-66(88)47-15-19-55-57(37-47)80-60(41-73)59(40-72)79-55)68(90)81-56(12-9-22-75)67(89)77-50-16-13-46(14-17-50)44-99-70(92)84(5)24-25-85(6)71(93)100-62-39-61-64(53-11-8-7-10-52(53)62)49(42-74)43-86(61)69(91)58-38-48-36-51(18-20-54(48)78-58)98-29-26-83(3)4/h7-8,10-11,13-20,36-39,45,49,56,65,78H,9,12,21-35,40-44,75H2,1-6H3,(H,76,88)(H,77,89)(H,81,90)(H,82,87). The van der Waals surface area contributed by atoms with Crippen molar-refractivity contribution in [1.29, 1.82) is 0 Å². The van der Waals surface area contributed by atoms with Gasteiger partial charge in [-0.15, -0.1) is 11.6 Å². The number of nitrogens with two attached hydrogens (primary N) is 1. The summed E-state index contributed by atoms with van der Waals surface area (Å²) in [5.74, 6) is -1.22. The number of hydrogen-bond acceptors (Lipinski definition) is 18. The second-order valence-corrected chi connectivity index (χ2v) is 25.9. The zero-order chi connectivity index (χ0) is 71.7. The van der Waals surface area contributed by atoms with Gasteiger partial charge in [-0.25, -0.2) is 19.6 Å². The molecule has 3 atom stereocenters. The van der Waals surface area contributed by atoms with Crippen molar-refractivity contribution in [1.82, 2.24) is 45.6 Å². The van der Waals surface area contributed by atoms with Crippen molar-refractivity contribution in [2.45, 2.75) is 68.4 Å². The monoisotopic (exact) mass is 1530 g/mol. The molecule has 29 heteroatoms. The van der Waals surface area contributed by atoms with Crippen LogP contribution in [0.3, 0.4) is 0 Å². The molecule has 7 N–H and O–H groups in total. The summed E-state index contributed by atoms with van der Waals surface area (Å²) in [6.07, 6.45) is -0.664. The number of nitrogens with one attached hydrogen (secondary N) is 5. The number of carbonyl (C=O) groups is 7. The van der Waals surface area contributed by atoms with E-state index in [9.17, 15) is 33.6 Å². The van der Waals surface area contributed by atoms with Crippen LogP contribution >= 0.6 is 43.5 Å². The van der Waals surface area contributed by atoms with E-state index in [1.165, 1.54) is 9.80 Å². The quantitative estimate of drug-likeness (QED) is 0.0155. The summed E-state index contributed by atoms with van der Waals surface area (Å²) >= 11 is 13.5. The first-order valence-electron chi connectivity index (χ1n) is 33.1. The van der Waals surface area contributed by atoms with Crippen LogP contribution in [0.2, 0.25) is 0 Å². The van der Waals surface area contributed by atoms with Crippen LogP contribution in [-0.4, -0.2) is 216 Å². The van der Waals surface area contributed by atoms with Gasteiger partial charge in [-0.3, -0.25) is 24.0 Å². The summed E-state index contributed by atoms with van der Waals surface area (Å²) in [6.45, 7) is 8.11. The van der Waals surface area contributed by atoms with Crippen LogP contribution in [0.15, 0.2) is 97.1 Å². The largest absolute Gasteiger partial charge is 0.492 e. The molecular formula is C71H89Br2ClN12O14. The van der Waals surface area contributed by atoms with Crippen LogP contribution in [0.1, 0.15) is 82.4 Å². The Kier molecular flexibility index (Phi) is 30.5. The van der Waals surface area contributed by atoms with E-state index in [0.29, 0.717) is 120 Å². The third kappa shape index (κ3) is 22.2. The number of carbonyl (C=O) groups excluding carboxylic acids is 7. The van der Waals surface area contributed by atoms with Crippen LogP contribution in [-0.2, 0) is 55.3 Å². The maximum atomic E-state index is 14.4. The number of aromatic amines is 1. The first kappa shape index (κ1) is 77.7. The van der Waals surface area contributed by atoms with Gasteiger partial charge in [0.25, 0.3) is 11.8 Å². The average molecular weight is 1530 g/mol. The highest BCUT2D eigenvalue weighted by Gasteiger charge is 2.37. The molecule has 2 aromatic heterocycles. The van der Waals surface area contributed by atoms with Gasteiger partial charge in [0.2, 0.25) is 17.7 Å². The molecule has 0 spiro atoms. The van der Waals surface area contributed by atoms with Gasteiger partial charge in [0, 0.05) is 109 Å². The predicted molar refractivity (Wildman–Crippen MR) is 390 cm³/mol. The Morgan fingerprint density at radius 3 is 2.04 bits per heavy atom. The zero-order valence-electron chi connectivity index (χ0n) is 57.2. The molecule has 100 heavy (non-hydrogen) atoms. The highest BCUT2D eigenvalue weighted by molar-refractivity contribution is 9.09. The summed E-state index contributed by atoms with van der Waals surface area (Å²) in [5, 5.41) is 14.7. The molecular weight excluding hydrogens is 1440 g/mol. The lowest BCUT2D eigenvalue weighted by atomic mass is 9.95. The number of halogens is 3. The summed E-state index contributed by atoms with van der Waals surface area (Å²) in [5.41, 5.74) is 13.0. The minimum atomic E-state index is -0.974. The van der Waals surface area contributed by atoms with Gasteiger partial charge >= 0.3 is 12.2 Å². The van der Waals surface area contributed by atoms with Gasteiger partial charge in [-0.1, -0.05) is 82.1 Å². The Morgan fingerprint density at radius 1 is 0.720 bits per heavy atom. The smallest absolute Gasteiger partial charge is 0.415 e. The first-order chi connectivity index (χ1) is 48.3. The summed E-state index contributed by atoms with van der Waals surface area (Å²) in [4.78, 5) is 113. The highest BCUT2D eigenvalue weighted by Crippen LogP contribution is 2.46. The Labute approximate surface area is 603 Å². The topological polar surface area (TPSA) is 313 Å². The molecule has 0 saturated heterocycles. The van der Waals surface area contributed by atoms with E-state index in [4.69, 9.17) is 50.5 Å². The summed E-state index contributed by atoms with van der Waals surface area (Å²) in [6, 6.07) is 26.7. The third-order valence-electron chi connectivity index (χ3n) is 16.4. The maximum absolute atomic E-state index is 14.4. The minimum Gasteiger partial charge on any atom is -0.492 e. The second kappa shape index (κ2) is 39.2. The number of likely N-dealkylation sites (N-methyl/N-ethyl adjacent to an activating group) is 3. The van der Waals surface area contributed by atoms with Crippen molar-refractivity contribution in [3.8, 4) is 11.5 Å². The van der Waals surface area contributed by atoms with E-state index in [-0.39, 0.29) is 94.2 Å². The lowest BCUT2D eigenvalue weighted by molar-refractivity contribution is -0.132. The van der Waals surface area contributed by atoms with Crippen molar-refractivity contribution >= 4 is 129 Å². The van der Waals surface area contributed by atoms with E-state index in [2.05, 4.69) is 68.1 Å². The van der Waals surface area contributed by atoms with Crippen LogP contribution in [0.4, 0.5) is 21.0 Å². The van der Waals surface area contributed by atoms with Gasteiger partial charge in [0.15, 0.2) is 0 Å². The number of fused-ring (bicyclic) bond motifs is 5. The molecule has 1 aliphatic heterocycles. The number of alkyl halides is 3. The number of benzene rings is 5. The second-order valence-electron chi connectivity index (χ2n) is 24.5. The highest BCUT2D eigenvalue weighted by atomic mass is 79.9. The number of anilines is 2. The number of H-pyrrole nitrogens is 1. The number of rotatable bonds is 39. The number of aromatic nitrogens is 3. The molecule has 0 saturated carbocycles. The van der Waals surface area contributed by atoms with Crippen molar-refractivity contribution < 1.29 is 66.7 Å². The van der Waals surface area contributed by atoms with Crippen molar-refractivity contribution in [3.05, 3.63) is 131 Å². The molecule has 3 unspecified atom stereocenters. The molecule has 5 aromatic carbocycles. The lowest BCUT2D eigenvalue weighted by Gasteiger charge is -2.25. The Bertz CT molecular complexity index is 3920. The van der Waals surface area contributed by atoms with Gasteiger partial charge < -0.3 is 84.7 Å². The normalized spacial score (nSPS) is 13.3. The summed E-state index contributed by atoms with van der Waals surface area (Å²) in [7, 11) is 7.06. The number of amides is 7. The SMILES string of the molecule is CC(C)C(NC(=O)CCOCCOCCOCCOCCNC(=O)c1ccc2nc(CBr)c(CBr)nc2c1)C(=O)NC(CCCN)C(=O)Nc1ccc(COC(=O)N(C)CCN(C)C(=O)Oc2cc3c(c4ccccc24)C(CCl)CN3C(=O)c2cc3cc(OCCN(C)C)ccc3[nH]2)cc1. The van der Waals surface area contributed by atoms with Crippen LogP contribution < -0.4 is 41.4 Å². The van der Waals surface area contributed by atoms with Gasteiger partial charge in [0.05, 0.1) is 81.0 Å². The fourth-order valence-corrected chi connectivity index (χ4v) is 12.0. The van der Waals surface area contributed by atoms with E-state index >= 15 is 0 Å². The van der Waals surface area contributed by atoms with Crippen LogP contribution in [0.25, 0.3) is 32.7 Å². The molecule has 7 aromatic rings. The molecule has 8 rings (SSSR count). The number of hydrogen-bond donors (Lipinski definition) is 6. The van der Waals surface area contributed by atoms with E-state index in [1.54, 1.807) is 87.4 Å². The molecule has 0 aliphatic carbocycles. The number of nitrogens with zero attached hydrogens (tertiary/aromatic N) is 6. The maximum Gasteiger partial charge on any atom is 0.415 e. The zero-order valence-corrected chi connectivity index (χ0v) is 61.1. The van der Waals surface area contributed by atoms with Crippen LogP contribution in [0, 0.1) is 5.92 Å². The van der Waals surface area contributed by atoms with Crippen molar-refractivity contribution in [2.75, 3.05) is 143 Å². The average Bonchev–Trinajstić information content (AvgIpc) is 1.57. The van der Waals surface area contributed by atoms with Crippen molar-refractivity contribution in [3.63, 3.8) is 0 Å². The molecule has 0 radical (unpaired) electrons. The molecule has 1 aliphatic rings. The fraction of sp³-hybridized carbons (Fsp3) is 0.451. The lowest BCUT2D eigenvalue weighted by Crippen LogP contribution is -2.54. The fourth-order valence-electron chi connectivity index (χ4n) is 10.8. The minimum absolute atomic E-state index is 0.0118. The molecule has 0 bridgehead atoms. The predicted octanol–water partition coefficient (Wildman–Crippen LogP) is 8.87. The van der Waals surface area contributed by atoms with E-state index in [0.717, 1.165) is 39.8 Å². The van der Waals surface area contributed by atoms with Gasteiger partial charge in [-0.05, 0) is 111 Å². The number of ether oxygens (including phenoxy) is 7. The third-order valence-corrected chi connectivity index (χ3v) is 17.9. The molecule has 538 valence electrons. The Hall–Kier alpha value is -8.06. The van der Waals surface area contributed by atoms with Crippen molar-refractivity contribution in [2.24, 2.45) is 11.7 Å². The van der Waals surface area contributed by atoms with Crippen LogP contribution in [0.5, 0.6) is 11.5 Å². The summed E-state index contributed by atoms with van der Waals surface area (Å²) < 4.78 is 39.9. The first-order valence-corrected chi connectivity index (χ1v) is 35.9. The van der Waals surface area contributed by atoms with Gasteiger partial charge in [0.1, 0.15) is 42.5 Å². The van der Waals surface area contributed by atoms with E-state index < -0.39 is 42.0 Å². The van der Waals surface area contributed by atoms with E-state index in [1.807, 2.05) is 61.5 Å². The molecule has 3 heterocycles.